The van der Waals surface area contributed by atoms with Crippen molar-refractivity contribution >= 4 is 29.6 Å². The van der Waals surface area contributed by atoms with Crippen LogP contribution >= 0.6 is 0 Å². The third-order valence-electron chi connectivity index (χ3n) is 4.97. The van der Waals surface area contributed by atoms with E-state index in [0.717, 1.165) is 5.69 Å². The molecule has 0 unspecified atom stereocenters. The van der Waals surface area contributed by atoms with Crippen molar-refractivity contribution in [3.05, 3.63) is 77.1 Å². The van der Waals surface area contributed by atoms with Crippen LogP contribution in [-0.4, -0.2) is 57.6 Å². The average molecular weight is 475 g/mol. The van der Waals surface area contributed by atoms with Gasteiger partial charge in [-0.25, -0.2) is 14.8 Å². The summed E-state index contributed by atoms with van der Waals surface area (Å²) in [5.41, 5.74) is 10.7. The van der Waals surface area contributed by atoms with E-state index >= 15 is 0 Å². The Bertz CT molecular complexity index is 1350. The van der Waals surface area contributed by atoms with Crippen LogP contribution in [-0.2, 0) is 11.3 Å². The van der Waals surface area contributed by atoms with Gasteiger partial charge in [-0.1, -0.05) is 35.5 Å². The van der Waals surface area contributed by atoms with Crippen LogP contribution in [0.5, 0.6) is 0 Å². The van der Waals surface area contributed by atoms with Crippen LogP contribution in [0.3, 0.4) is 0 Å². The quantitative estimate of drug-likeness (QED) is 0.216. The zero-order valence-corrected chi connectivity index (χ0v) is 18.8. The second kappa shape index (κ2) is 10.2. The SMILES string of the molecule is COC(=O)c1ccc(/C=N\NC(=O)c2nnn(-c3nonc3N)c2CN(C)c2ccccc2)cc1. The number of nitrogens with one attached hydrogen (secondary N) is 1. The topological polar surface area (TPSA) is 167 Å². The van der Waals surface area contributed by atoms with Crippen molar-refractivity contribution < 1.29 is 19.0 Å². The molecule has 178 valence electrons. The van der Waals surface area contributed by atoms with Crippen molar-refractivity contribution in [2.45, 2.75) is 6.54 Å². The van der Waals surface area contributed by atoms with Crippen molar-refractivity contribution in [2.75, 3.05) is 24.8 Å². The van der Waals surface area contributed by atoms with Crippen LogP contribution < -0.4 is 16.1 Å². The number of methoxy groups -OCH3 is 1. The minimum absolute atomic E-state index is 0.00102. The fourth-order valence-electron chi connectivity index (χ4n) is 3.17. The maximum Gasteiger partial charge on any atom is 0.337 e. The van der Waals surface area contributed by atoms with E-state index in [2.05, 4.69) is 40.5 Å². The van der Waals surface area contributed by atoms with Gasteiger partial charge in [0.2, 0.25) is 11.6 Å². The highest BCUT2D eigenvalue weighted by Gasteiger charge is 2.25. The number of aromatic nitrogens is 5. The summed E-state index contributed by atoms with van der Waals surface area (Å²) in [6, 6.07) is 16.1. The van der Waals surface area contributed by atoms with E-state index in [0.29, 0.717) is 16.8 Å². The van der Waals surface area contributed by atoms with Crippen molar-refractivity contribution in [2.24, 2.45) is 5.10 Å². The van der Waals surface area contributed by atoms with Crippen molar-refractivity contribution in [1.29, 1.82) is 0 Å². The fraction of sp³-hybridized carbons (Fsp3) is 0.136. The summed E-state index contributed by atoms with van der Waals surface area (Å²) in [4.78, 5) is 26.4. The minimum atomic E-state index is -0.592. The van der Waals surface area contributed by atoms with E-state index in [1.165, 1.54) is 18.0 Å². The molecule has 0 spiro atoms. The number of hydrogen-bond acceptors (Lipinski definition) is 11. The first-order valence-corrected chi connectivity index (χ1v) is 10.3. The Morgan fingerprint density at radius 2 is 1.91 bits per heavy atom. The van der Waals surface area contributed by atoms with Crippen molar-refractivity contribution in [3.8, 4) is 5.82 Å². The number of amides is 1. The largest absolute Gasteiger partial charge is 0.465 e. The highest BCUT2D eigenvalue weighted by molar-refractivity contribution is 5.94. The summed E-state index contributed by atoms with van der Waals surface area (Å²) in [6.45, 7) is 0.241. The number of ether oxygens (including phenoxy) is 1. The molecule has 4 aromatic rings. The molecule has 2 heterocycles. The molecule has 0 aliphatic rings. The van der Waals surface area contributed by atoms with Crippen LogP contribution in [0.2, 0.25) is 0 Å². The predicted octanol–water partition coefficient (Wildman–Crippen LogP) is 1.42. The number of esters is 1. The number of nitrogens with zero attached hydrogens (tertiary/aromatic N) is 7. The van der Waals surface area contributed by atoms with Crippen LogP contribution in [0, 0.1) is 0 Å². The van der Waals surface area contributed by atoms with E-state index < -0.39 is 11.9 Å². The minimum Gasteiger partial charge on any atom is -0.465 e. The second-order valence-electron chi connectivity index (χ2n) is 7.27. The molecule has 1 amide bonds. The average Bonchev–Trinajstić information content (AvgIpc) is 3.50. The van der Waals surface area contributed by atoms with E-state index in [9.17, 15) is 9.59 Å². The molecule has 4 rings (SSSR count). The highest BCUT2D eigenvalue weighted by Crippen LogP contribution is 2.20. The number of nitrogens with two attached hydrogens (primary N) is 1. The molecule has 0 saturated heterocycles. The van der Waals surface area contributed by atoms with Gasteiger partial charge in [0.1, 0.15) is 0 Å². The smallest absolute Gasteiger partial charge is 0.337 e. The lowest BCUT2D eigenvalue weighted by Crippen LogP contribution is -2.24. The number of carbonyl (C=O) groups excluding carboxylic acids is 2. The highest BCUT2D eigenvalue weighted by atomic mass is 16.6. The van der Waals surface area contributed by atoms with E-state index in [1.54, 1.807) is 24.3 Å². The van der Waals surface area contributed by atoms with Crippen LogP contribution in [0.25, 0.3) is 5.82 Å². The van der Waals surface area contributed by atoms with Crippen LogP contribution in [0.4, 0.5) is 11.5 Å². The summed E-state index contributed by atoms with van der Waals surface area (Å²) in [7, 11) is 3.16. The summed E-state index contributed by atoms with van der Waals surface area (Å²) >= 11 is 0. The van der Waals surface area contributed by atoms with Gasteiger partial charge in [0, 0.05) is 12.7 Å². The van der Waals surface area contributed by atoms with Gasteiger partial charge >= 0.3 is 5.97 Å². The van der Waals surface area contributed by atoms with Gasteiger partial charge in [-0.05, 0) is 40.1 Å². The molecular weight excluding hydrogens is 454 g/mol. The van der Waals surface area contributed by atoms with Crippen LogP contribution in [0.15, 0.2) is 64.3 Å². The van der Waals surface area contributed by atoms with Gasteiger partial charge in [-0.2, -0.15) is 9.78 Å². The maximum absolute atomic E-state index is 12.9. The molecule has 2 aromatic carbocycles. The Morgan fingerprint density at radius 1 is 1.17 bits per heavy atom. The zero-order valence-electron chi connectivity index (χ0n) is 18.8. The summed E-state index contributed by atoms with van der Waals surface area (Å²) in [5, 5.41) is 19.3. The van der Waals surface area contributed by atoms with Gasteiger partial charge in [0.15, 0.2) is 5.69 Å². The Balaban J connectivity index is 1.56. The lowest BCUT2D eigenvalue weighted by molar-refractivity contribution is 0.0600. The first kappa shape index (κ1) is 23.1. The fourth-order valence-corrected chi connectivity index (χ4v) is 3.17. The number of para-hydroxylation sites is 1. The number of hydrazone groups is 1. The van der Waals surface area contributed by atoms with E-state index in [1.807, 2.05) is 42.3 Å². The van der Waals surface area contributed by atoms with Gasteiger partial charge in [-0.15, -0.1) is 5.10 Å². The summed E-state index contributed by atoms with van der Waals surface area (Å²) in [6.07, 6.45) is 1.43. The number of benzene rings is 2. The molecule has 0 aliphatic heterocycles. The van der Waals surface area contributed by atoms with E-state index in [-0.39, 0.29) is 23.9 Å². The van der Waals surface area contributed by atoms with Gasteiger partial charge in [0.25, 0.3) is 5.91 Å². The predicted molar refractivity (Wildman–Crippen MR) is 125 cm³/mol. The third-order valence-corrected chi connectivity index (χ3v) is 4.97. The molecule has 3 N–H and O–H groups in total. The number of anilines is 2. The number of nitrogen functional groups attached to an aromatic ring is 1. The standard InChI is InChI=1S/C22H21N9O4/c1-30(16-6-4-3-5-7-16)13-17-18(25-29-31(17)20-19(23)27-35-28-20)21(32)26-24-12-14-8-10-15(11-9-14)22(33)34-2/h3-12H,13H2,1-2H3,(H2,23,27)(H,26,32)/b24-12-. The molecule has 2 aromatic heterocycles. The third kappa shape index (κ3) is 5.13. The zero-order chi connectivity index (χ0) is 24.8. The molecule has 0 aliphatic carbocycles. The van der Waals surface area contributed by atoms with Crippen molar-refractivity contribution in [3.63, 3.8) is 0 Å². The number of rotatable bonds is 8. The molecule has 35 heavy (non-hydrogen) atoms. The van der Waals surface area contributed by atoms with Crippen molar-refractivity contribution in [1.82, 2.24) is 30.7 Å². The second-order valence-corrected chi connectivity index (χ2v) is 7.27. The number of hydrogen-bond donors (Lipinski definition) is 2. The monoisotopic (exact) mass is 475 g/mol. The van der Waals surface area contributed by atoms with Crippen LogP contribution in [0.1, 0.15) is 32.1 Å². The summed E-state index contributed by atoms with van der Waals surface area (Å²) < 4.78 is 10.6. The first-order valence-electron chi connectivity index (χ1n) is 10.3. The molecule has 13 heteroatoms. The Hall–Kier alpha value is -5.07. The Morgan fingerprint density at radius 3 is 2.57 bits per heavy atom. The normalized spacial score (nSPS) is 10.9. The molecular formula is C22H21N9O4. The first-order chi connectivity index (χ1) is 17.0. The molecule has 0 radical (unpaired) electrons. The summed E-state index contributed by atoms with van der Waals surface area (Å²) in [5.74, 6) is -0.924. The maximum atomic E-state index is 12.9. The van der Waals surface area contributed by atoms with Gasteiger partial charge < -0.3 is 15.4 Å². The lowest BCUT2D eigenvalue weighted by Gasteiger charge is -2.19. The van der Waals surface area contributed by atoms with Gasteiger partial charge in [0.05, 0.1) is 31.1 Å². The Kier molecular flexibility index (Phi) is 6.76. The number of carbonyl (C=O) groups is 2. The molecule has 0 fully saturated rings. The Labute approximate surface area is 199 Å². The lowest BCUT2D eigenvalue weighted by atomic mass is 10.1. The molecule has 13 nitrogen and oxygen atoms in total. The van der Waals surface area contributed by atoms with Gasteiger partial charge in [-0.3, -0.25) is 4.79 Å². The molecule has 0 bridgehead atoms. The molecule has 0 atom stereocenters. The molecule has 0 saturated carbocycles. The van der Waals surface area contributed by atoms with E-state index in [4.69, 9.17) is 5.73 Å².